The molecule has 0 bridgehead atoms. The second-order valence-corrected chi connectivity index (χ2v) is 7.08. The van der Waals surface area contributed by atoms with E-state index in [4.69, 9.17) is 5.26 Å². The van der Waals surface area contributed by atoms with Crippen LogP contribution in [-0.2, 0) is 9.84 Å². The van der Waals surface area contributed by atoms with E-state index in [2.05, 4.69) is 10.3 Å². The van der Waals surface area contributed by atoms with Gasteiger partial charge in [-0.05, 0) is 26.0 Å². The third kappa shape index (κ3) is 3.43. The summed E-state index contributed by atoms with van der Waals surface area (Å²) in [6.45, 7) is 3.57. The first-order chi connectivity index (χ1) is 7.76. The molecule has 0 spiro atoms. The molecule has 5 nitrogen and oxygen atoms in total. The molecule has 0 aliphatic heterocycles. The first-order valence-corrected chi connectivity index (χ1v) is 6.95. The van der Waals surface area contributed by atoms with Gasteiger partial charge >= 0.3 is 0 Å². The lowest BCUT2D eigenvalue weighted by molar-refractivity contribution is 0.559. The van der Waals surface area contributed by atoms with Crippen LogP contribution >= 0.6 is 0 Å². The minimum absolute atomic E-state index is 0.269. The first-order valence-electron chi connectivity index (χ1n) is 5.06. The highest BCUT2D eigenvalue weighted by atomic mass is 32.2. The van der Waals surface area contributed by atoms with Crippen LogP contribution in [0, 0.1) is 11.3 Å². The maximum atomic E-state index is 11.5. The molecule has 1 aromatic rings. The first kappa shape index (κ1) is 13.5. The smallest absolute Gasteiger partial charge is 0.154 e. The van der Waals surface area contributed by atoms with Crippen molar-refractivity contribution in [1.29, 1.82) is 5.26 Å². The van der Waals surface area contributed by atoms with Crippen molar-refractivity contribution in [3.05, 3.63) is 23.9 Å². The molecule has 6 heteroatoms. The fraction of sp³-hybridized carbons (Fsp3) is 0.455. The summed E-state index contributed by atoms with van der Waals surface area (Å²) >= 11 is 0. The Morgan fingerprint density at radius 3 is 2.53 bits per heavy atom. The number of nitrogens with zero attached hydrogens (tertiary/aromatic N) is 2. The van der Waals surface area contributed by atoms with Crippen molar-refractivity contribution in [3.8, 4) is 6.07 Å². The lowest BCUT2D eigenvalue weighted by Gasteiger charge is -2.22. The molecule has 0 amide bonds. The third-order valence-corrected chi connectivity index (χ3v) is 4.74. The van der Waals surface area contributed by atoms with Crippen molar-refractivity contribution < 1.29 is 8.42 Å². The van der Waals surface area contributed by atoms with E-state index in [1.165, 1.54) is 12.5 Å². The molecule has 0 saturated carbocycles. The highest BCUT2D eigenvalue weighted by molar-refractivity contribution is 7.92. The van der Waals surface area contributed by atoms with E-state index < -0.39 is 14.6 Å². The summed E-state index contributed by atoms with van der Waals surface area (Å²) < 4.78 is 22.1. The molecule has 0 unspecified atom stereocenters. The zero-order valence-corrected chi connectivity index (χ0v) is 10.9. The zero-order chi connectivity index (χ0) is 13.1. The van der Waals surface area contributed by atoms with Crippen LogP contribution in [0.3, 0.4) is 0 Å². The molecular weight excluding hydrogens is 238 g/mol. The molecule has 1 rings (SSSR count). The van der Waals surface area contributed by atoms with E-state index in [1.807, 2.05) is 6.07 Å². The van der Waals surface area contributed by atoms with Gasteiger partial charge in [-0.3, -0.25) is 0 Å². The number of hydrogen-bond acceptors (Lipinski definition) is 5. The van der Waals surface area contributed by atoms with Gasteiger partial charge in [0.25, 0.3) is 0 Å². The van der Waals surface area contributed by atoms with E-state index in [0.717, 1.165) is 0 Å². The normalized spacial score (nSPS) is 11.9. The average molecular weight is 253 g/mol. The van der Waals surface area contributed by atoms with E-state index in [-0.39, 0.29) is 6.54 Å². The molecule has 1 aromatic heterocycles. The molecule has 1 N–H and O–H groups in total. The van der Waals surface area contributed by atoms with Crippen LogP contribution in [0.15, 0.2) is 18.3 Å². The van der Waals surface area contributed by atoms with Crippen LogP contribution in [0.2, 0.25) is 0 Å². The molecule has 0 aromatic carbocycles. The minimum atomic E-state index is -3.13. The SMILES string of the molecule is CC(C)(CNc1ccc(C#N)cn1)S(C)(=O)=O. The number of aromatic nitrogens is 1. The van der Waals surface area contributed by atoms with Gasteiger partial charge in [-0.25, -0.2) is 13.4 Å². The van der Waals surface area contributed by atoms with Crippen LogP contribution in [0.25, 0.3) is 0 Å². The summed E-state index contributed by atoms with van der Waals surface area (Å²) in [5, 5.41) is 11.5. The number of hydrogen-bond donors (Lipinski definition) is 1. The Morgan fingerprint density at radius 2 is 2.12 bits per heavy atom. The van der Waals surface area contributed by atoms with Crippen molar-refractivity contribution in [3.63, 3.8) is 0 Å². The highest BCUT2D eigenvalue weighted by Crippen LogP contribution is 2.16. The third-order valence-electron chi connectivity index (χ3n) is 2.59. The molecule has 0 fully saturated rings. The highest BCUT2D eigenvalue weighted by Gasteiger charge is 2.29. The van der Waals surface area contributed by atoms with Crippen LogP contribution in [0.4, 0.5) is 5.82 Å². The fourth-order valence-electron chi connectivity index (χ4n) is 0.999. The van der Waals surface area contributed by atoms with E-state index in [0.29, 0.717) is 11.4 Å². The van der Waals surface area contributed by atoms with Crippen LogP contribution in [-0.4, -0.2) is 30.9 Å². The Balaban J connectivity index is 2.72. The van der Waals surface area contributed by atoms with Crippen molar-refractivity contribution in [2.75, 3.05) is 18.1 Å². The van der Waals surface area contributed by atoms with Crippen molar-refractivity contribution in [1.82, 2.24) is 4.98 Å². The Labute approximate surface area is 101 Å². The Hall–Kier alpha value is -1.61. The van der Waals surface area contributed by atoms with Gasteiger partial charge in [0.1, 0.15) is 11.9 Å². The Morgan fingerprint density at radius 1 is 1.47 bits per heavy atom. The monoisotopic (exact) mass is 253 g/mol. The number of nitriles is 1. The standard InChI is InChI=1S/C11H15N3O2S/c1-11(2,17(3,15)16)8-14-10-5-4-9(6-12)7-13-10/h4-5,7H,8H2,1-3H3,(H,13,14). The van der Waals surface area contributed by atoms with Crippen molar-refractivity contribution >= 4 is 15.7 Å². The van der Waals surface area contributed by atoms with Gasteiger partial charge in [0.05, 0.1) is 10.3 Å². The minimum Gasteiger partial charge on any atom is -0.369 e. The summed E-state index contributed by atoms with van der Waals surface area (Å²) in [6.07, 6.45) is 2.65. The lowest BCUT2D eigenvalue weighted by Crippen LogP contribution is -2.38. The van der Waals surface area contributed by atoms with Crippen LogP contribution < -0.4 is 5.32 Å². The molecule has 0 radical (unpaired) electrons. The molecule has 0 saturated heterocycles. The maximum Gasteiger partial charge on any atom is 0.154 e. The summed E-state index contributed by atoms with van der Waals surface area (Å²) in [4.78, 5) is 4.01. The molecular formula is C11H15N3O2S. The Kier molecular flexibility index (Phi) is 3.73. The zero-order valence-electron chi connectivity index (χ0n) is 10.1. The topological polar surface area (TPSA) is 82.8 Å². The molecule has 0 atom stereocenters. The van der Waals surface area contributed by atoms with Gasteiger partial charge in [0.15, 0.2) is 9.84 Å². The van der Waals surface area contributed by atoms with E-state index >= 15 is 0 Å². The summed E-state index contributed by atoms with van der Waals surface area (Å²) in [7, 11) is -3.13. The maximum absolute atomic E-state index is 11.5. The predicted molar refractivity (Wildman–Crippen MR) is 66.4 cm³/mol. The summed E-state index contributed by atoms with van der Waals surface area (Å²) in [6, 6.07) is 5.24. The lowest BCUT2D eigenvalue weighted by atomic mass is 10.2. The second kappa shape index (κ2) is 4.72. The van der Waals surface area contributed by atoms with E-state index in [1.54, 1.807) is 26.0 Å². The van der Waals surface area contributed by atoms with Gasteiger partial charge < -0.3 is 5.32 Å². The molecule has 17 heavy (non-hydrogen) atoms. The van der Waals surface area contributed by atoms with Crippen molar-refractivity contribution in [2.24, 2.45) is 0 Å². The van der Waals surface area contributed by atoms with Gasteiger partial charge in [-0.1, -0.05) is 0 Å². The summed E-state index contributed by atoms with van der Waals surface area (Å²) in [5.41, 5.74) is 0.470. The number of sulfone groups is 1. The molecule has 92 valence electrons. The second-order valence-electron chi connectivity index (χ2n) is 4.43. The molecule has 1 heterocycles. The summed E-state index contributed by atoms with van der Waals surface area (Å²) in [5.74, 6) is 0.556. The van der Waals surface area contributed by atoms with Crippen molar-refractivity contribution in [2.45, 2.75) is 18.6 Å². The number of nitrogens with one attached hydrogen (secondary N) is 1. The van der Waals surface area contributed by atoms with Crippen LogP contribution in [0.1, 0.15) is 19.4 Å². The van der Waals surface area contributed by atoms with Gasteiger partial charge in [-0.2, -0.15) is 5.26 Å². The predicted octanol–water partition coefficient (Wildman–Crippen LogP) is 1.19. The van der Waals surface area contributed by atoms with Gasteiger partial charge in [-0.15, -0.1) is 0 Å². The quantitative estimate of drug-likeness (QED) is 0.871. The van der Waals surface area contributed by atoms with Gasteiger partial charge in [0, 0.05) is 19.0 Å². The van der Waals surface area contributed by atoms with Crippen LogP contribution in [0.5, 0.6) is 0 Å². The van der Waals surface area contributed by atoms with Gasteiger partial charge in [0.2, 0.25) is 0 Å². The number of pyridine rings is 1. The average Bonchev–Trinajstić information content (AvgIpc) is 2.25. The molecule has 0 aliphatic carbocycles. The molecule has 0 aliphatic rings. The fourth-order valence-corrected chi connectivity index (χ4v) is 1.33. The largest absolute Gasteiger partial charge is 0.369 e. The Bertz CT molecular complexity index is 527. The van der Waals surface area contributed by atoms with E-state index in [9.17, 15) is 8.42 Å². The number of rotatable bonds is 4. The number of anilines is 1.